The van der Waals surface area contributed by atoms with E-state index in [2.05, 4.69) is 45.1 Å². The quantitative estimate of drug-likeness (QED) is 0.618. The molecule has 0 bridgehead atoms. The summed E-state index contributed by atoms with van der Waals surface area (Å²) in [4.78, 5) is 16.8. The third kappa shape index (κ3) is 4.21. The van der Waals surface area contributed by atoms with Crippen molar-refractivity contribution in [2.45, 2.75) is 13.3 Å². The van der Waals surface area contributed by atoms with Crippen LogP contribution in [0.25, 0.3) is 0 Å². The van der Waals surface area contributed by atoms with Crippen molar-refractivity contribution in [1.29, 1.82) is 0 Å². The minimum Gasteiger partial charge on any atom is -0.382 e. The Morgan fingerprint density at radius 1 is 1.52 bits per heavy atom. The second-order valence-electron chi connectivity index (χ2n) is 4.24. The van der Waals surface area contributed by atoms with E-state index in [-0.39, 0.29) is 11.7 Å². The number of halogens is 2. The molecular formula is C13H14ClIN4OS. The topological polar surface area (TPSA) is 80.0 Å². The van der Waals surface area contributed by atoms with E-state index in [1.807, 2.05) is 6.07 Å². The summed E-state index contributed by atoms with van der Waals surface area (Å²) in [6, 6.07) is 5.41. The third-order valence-electron chi connectivity index (χ3n) is 2.57. The summed E-state index contributed by atoms with van der Waals surface area (Å²) in [6.45, 7) is 2.84. The number of thiazole rings is 1. The zero-order valence-corrected chi connectivity index (χ0v) is 15.0. The van der Waals surface area contributed by atoms with Gasteiger partial charge in [0.05, 0.1) is 10.7 Å². The van der Waals surface area contributed by atoms with Crippen LogP contribution in [-0.2, 0) is 0 Å². The Morgan fingerprint density at radius 3 is 2.95 bits per heavy atom. The number of hydrogen-bond acceptors (Lipinski definition) is 5. The molecule has 4 N–H and O–H groups in total. The van der Waals surface area contributed by atoms with Gasteiger partial charge in [-0.25, -0.2) is 4.98 Å². The van der Waals surface area contributed by atoms with Gasteiger partial charge in [-0.2, -0.15) is 0 Å². The summed E-state index contributed by atoms with van der Waals surface area (Å²) in [6.07, 6.45) is 0.972. The lowest BCUT2D eigenvalue weighted by atomic mass is 10.3. The molecule has 8 heteroatoms. The largest absolute Gasteiger partial charge is 0.382 e. The molecule has 0 saturated heterocycles. The Balaban J connectivity index is 2.14. The molecule has 0 fully saturated rings. The minimum atomic E-state index is -0.308. The van der Waals surface area contributed by atoms with Crippen LogP contribution >= 0.6 is 45.5 Å². The smallest absolute Gasteiger partial charge is 0.269 e. The van der Waals surface area contributed by atoms with E-state index >= 15 is 0 Å². The van der Waals surface area contributed by atoms with Gasteiger partial charge in [0.25, 0.3) is 5.91 Å². The molecule has 1 aromatic heterocycles. The molecule has 5 nitrogen and oxygen atoms in total. The fourth-order valence-electron chi connectivity index (χ4n) is 1.57. The van der Waals surface area contributed by atoms with E-state index in [1.165, 1.54) is 11.3 Å². The second-order valence-corrected chi connectivity index (χ2v) is 6.89. The van der Waals surface area contributed by atoms with Gasteiger partial charge in [-0.05, 0) is 47.2 Å². The Kier molecular flexibility index (Phi) is 5.65. The van der Waals surface area contributed by atoms with Gasteiger partial charge in [-0.15, -0.1) is 0 Å². The van der Waals surface area contributed by atoms with Gasteiger partial charge in [-0.3, -0.25) is 4.79 Å². The van der Waals surface area contributed by atoms with Crippen molar-refractivity contribution < 1.29 is 4.79 Å². The third-order valence-corrected chi connectivity index (χ3v) is 4.58. The molecule has 0 aliphatic carbocycles. The number of amides is 1. The molecule has 1 amide bonds. The van der Waals surface area contributed by atoms with Crippen LogP contribution in [0.1, 0.15) is 23.0 Å². The van der Waals surface area contributed by atoms with E-state index in [4.69, 9.17) is 17.3 Å². The van der Waals surface area contributed by atoms with Crippen molar-refractivity contribution in [1.82, 2.24) is 4.98 Å². The zero-order chi connectivity index (χ0) is 15.4. The van der Waals surface area contributed by atoms with Gasteiger partial charge in [-0.1, -0.05) is 29.9 Å². The van der Waals surface area contributed by atoms with Crippen molar-refractivity contribution in [3.05, 3.63) is 31.7 Å². The Morgan fingerprint density at radius 2 is 2.29 bits per heavy atom. The van der Waals surface area contributed by atoms with Crippen molar-refractivity contribution >= 4 is 68.1 Å². The number of nitrogens with one attached hydrogen (secondary N) is 2. The molecule has 21 heavy (non-hydrogen) atoms. The summed E-state index contributed by atoms with van der Waals surface area (Å²) in [5.74, 6) is -0.0876. The molecule has 2 rings (SSSR count). The Labute approximate surface area is 145 Å². The predicted octanol–water partition coefficient (Wildman–Crippen LogP) is 4.06. The van der Waals surface area contributed by atoms with Crippen molar-refractivity contribution in [3.8, 4) is 0 Å². The van der Waals surface area contributed by atoms with Gasteiger partial charge >= 0.3 is 0 Å². The highest BCUT2D eigenvalue weighted by molar-refractivity contribution is 14.1. The Hall–Kier alpha value is -1.06. The van der Waals surface area contributed by atoms with Crippen LogP contribution in [0.3, 0.4) is 0 Å². The highest BCUT2D eigenvalue weighted by atomic mass is 127. The van der Waals surface area contributed by atoms with Crippen LogP contribution in [0.2, 0.25) is 5.02 Å². The number of nitrogens with zero attached hydrogens (tertiary/aromatic N) is 1. The van der Waals surface area contributed by atoms with Crippen molar-refractivity contribution in [2.24, 2.45) is 0 Å². The summed E-state index contributed by atoms with van der Waals surface area (Å²) >= 11 is 9.49. The van der Waals surface area contributed by atoms with Crippen LogP contribution in [0.5, 0.6) is 0 Å². The second kappa shape index (κ2) is 7.28. The zero-order valence-electron chi connectivity index (χ0n) is 11.2. The van der Waals surface area contributed by atoms with Gasteiger partial charge < -0.3 is 16.4 Å². The maximum Gasteiger partial charge on any atom is 0.269 e. The standard InChI is InChI=1S/C13H14ClIN4OS/c1-2-5-17-13-19-11(16)10(21-13)12(20)18-9-4-3-7(15)6-8(9)14/h3-4,6H,2,5,16H2,1H3,(H,17,19)(H,18,20). The summed E-state index contributed by atoms with van der Waals surface area (Å²) < 4.78 is 0.999. The summed E-state index contributed by atoms with van der Waals surface area (Å²) in [7, 11) is 0. The van der Waals surface area contributed by atoms with Gasteiger partial charge in [0, 0.05) is 10.1 Å². The van der Waals surface area contributed by atoms with E-state index < -0.39 is 0 Å². The van der Waals surface area contributed by atoms with Crippen molar-refractivity contribution in [3.63, 3.8) is 0 Å². The highest BCUT2D eigenvalue weighted by Crippen LogP contribution is 2.28. The SMILES string of the molecule is CCCNc1nc(N)c(C(=O)Nc2ccc(I)cc2Cl)s1. The van der Waals surface area contributed by atoms with Crippen molar-refractivity contribution in [2.75, 3.05) is 22.9 Å². The maximum absolute atomic E-state index is 12.3. The molecule has 1 heterocycles. The molecule has 0 aliphatic heterocycles. The van der Waals surface area contributed by atoms with Gasteiger partial charge in [0.15, 0.2) is 5.13 Å². The number of carbonyl (C=O) groups excluding carboxylic acids is 1. The number of carbonyl (C=O) groups is 1. The van der Waals surface area contributed by atoms with E-state index in [9.17, 15) is 4.79 Å². The molecular weight excluding hydrogens is 423 g/mol. The first-order valence-corrected chi connectivity index (χ1v) is 8.55. The fraction of sp³-hybridized carbons (Fsp3) is 0.231. The van der Waals surface area contributed by atoms with Crippen LogP contribution in [0.4, 0.5) is 16.6 Å². The molecule has 1 aromatic carbocycles. The average molecular weight is 437 g/mol. The summed E-state index contributed by atoms with van der Waals surface area (Å²) in [5.41, 5.74) is 6.35. The van der Waals surface area contributed by atoms with Crippen LogP contribution < -0.4 is 16.4 Å². The van der Waals surface area contributed by atoms with E-state index in [1.54, 1.807) is 12.1 Å². The fourth-order valence-corrected chi connectivity index (χ4v) is 3.28. The first-order chi connectivity index (χ1) is 10.0. The minimum absolute atomic E-state index is 0.220. The van der Waals surface area contributed by atoms with E-state index in [0.717, 1.165) is 16.5 Å². The van der Waals surface area contributed by atoms with Crippen LogP contribution in [0.15, 0.2) is 18.2 Å². The number of rotatable bonds is 5. The first-order valence-electron chi connectivity index (χ1n) is 6.27. The number of anilines is 3. The number of nitrogens with two attached hydrogens (primary N) is 1. The molecule has 0 radical (unpaired) electrons. The molecule has 0 aliphatic rings. The van der Waals surface area contributed by atoms with Crippen LogP contribution in [0, 0.1) is 3.57 Å². The highest BCUT2D eigenvalue weighted by Gasteiger charge is 2.17. The molecule has 0 spiro atoms. The monoisotopic (exact) mass is 436 g/mol. The van der Waals surface area contributed by atoms with E-state index in [0.29, 0.717) is 20.7 Å². The van der Waals surface area contributed by atoms with Gasteiger partial charge in [0.2, 0.25) is 0 Å². The summed E-state index contributed by atoms with van der Waals surface area (Å²) in [5, 5.41) is 7.00. The molecule has 112 valence electrons. The predicted molar refractivity (Wildman–Crippen MR) is 97.4 cm³/mol. The molecule has 2 aromatic rings. The number of nitrogen functional groups attached to an aromatic ring is 1. The number of aromatic nitrogens is 1. The lowest BCUT2D eigenvalue weighted by Crippen LogP contribution is -2.12. The van der Waals surface area contributed by atoms with Gasteiger partial charge in [0.1, 0.15) is 10.7 Å². The van der Waals surface area contributed by atoms with Crippen LogP contribution in [-0.4, -0.2) is 17.4 Å². The number of benzene rings is 1. The molecule has 0 atom stereocenters. The molecule has 0 unspecified atom stereocenters. The average Bonchev–Trinajstić information content (AvgIpc) is 2.81. The Bertz CT molecular complexity index is 662. The number of hydrogen-bond donors (Lipinski definition) is 3. The molecule has 0 saturated carbocycles. The lowest BCUT2D eigenvalue weighted by molar-refractivity contribution is 0.103. The normalized spacial score (nSPS) is 10.4. The maximum atomic E-state index is 12.3. The lowest BCUT2D eigenvalue weighted by Gasteiger charge is -2.06. The first kappa shape index (κ1) is 16.3.